The maximum Gasteiger partial charge on any atom is 0.131 e. The van der Waals surface area contributed by atoms with Gasteiger partial charge in [0.05, 0.1) is 0 Å². The van der Waals surface area contributed by atoms with Crippen molar-refractivity contribution in [2.75, 3.05) is 0 Å². The number of hydrogen-bond donors (Lipinski definition) is 0. The van der Waals surface area contributed by atoms with Gasteiger partial charge in [-0.1, -0.05) is 108 Å². The predicted molar refractivity (Wildman–Crippen MR) is 140 cm³/mol. The Balaban J connectivity index is 1.90. The van der Waals surface area contributed by atoms with Crippen molar-refractivity contribution < 1.29 is 8.78 Å². The summed E-state index contributed by atoms with van der Waals surface area (Å²) in [6.45, 7) is 12.5. The first-order valence-electron chi connectivity index (χ1n) is 11.8. The zero-order valence-corrected chi connectivity index (χ0v) is 20.8. The van der Waals surface area contributed by atoms with Gasteiger partial charge in [0.25, 0.3) is 0 Å². The molecule has 34 heavy (non-hydrogen) atoms. The molecule has 4 rings (SSSR count). The number of benzene rings is 4. The average molecular weight is 455 g/mol. The Labute approximate surface area is 202 Å². The first kappa shape index (κ1) is 23.9. The fourth-order valence-electron chi connectivity index (χ4n) is 4.42. The van der Waals surface area contributed by atoms with Gasteiger partial charge in [0.2, 0.25) is 0 Å². The van der Waals surface area contributed by atoms with Crippen LogP contribution in [-0.4, -0.2) is 0 Å². The van der Waals surface area contributed by atoms with Crippen molar-refractivity contribution in [3.8, 4) is 33.4 Å². The van der Waals surface area contributed by atoms with E-state index in [2.05, 4.69) is 47.6 Å². The molecule has 4 aromatic carbocycles. The monoisotopic (exact) mass is 454 g/mol. The highest BCUT2D eigenvalue weighted by atomic mass is 19.1. The molecule has 0 aliphatic carbocycles. The van der Waals surface area contributed by atoms with E-state index in [1.165, 1.54) is 6.07 Å². The van der Waals surface area contributed by atoms with Crippen molar-refractivity contribution in [3.63, 3.8) is 0 Å². The third-order valence-electron chi connectivity index (χ3n) is 6.32. The van der Waals surface area contributed by atoms with E-state index in [9.17, 15) is 4.39 Å². The van der Waals surface area contributed by atoms with E-state index in [1.807, 2.05) is 60.7 Å². The van der Waals surface area contributed by atoms with Crippen molar-refractivity contribution in [3.05, 3.63) is 108 Å². The number of halogens is 2. The van der Waals surface area contributed by atoms with Crippen LogP contribution in [0, 0.1) is 11.6 Å². The molecule has 0 heterocycles. The van der Waals surface area contributed by atoms with Crippen molar-refractivity contribution >= 4 is 0 Å². The van der Waals surface area contributed by atoms with Crippen LogP contribution in [0.5, 0.6) is 0 Å². The second kappa shape index (κ2) is 8.83. The number of hydrogen-bond acceptors (Lipinski definition) is 0. The van der Waals surface area contributed by atoms with E-state index in [0.717, 1.165) is 33.4 Å². The molecule has 0 aromatic heterocycles. The van der Waals surface area contributed by atoms with Gasteiger partial charge in [-0.15, -0.1) is 0 Å². The van der Waals surface area contributed by atoms with Crippen LogP contribution in [0.4, 0.5) is 8.78 Å². The van der Waals surface area contributed by atoms with Gasteiger partial charge in [0.1, 0.15) is 11.6 Å². The molecule has 0 aliphatic rings. The van der Waals surface area contributed by atoms with Gasteiger partial charge >= 0.3 is 0 Å². The van der Waals surface area contributed by atoms with Gasteiger partial charge in [-0.2, -0.15) is 0 Å². The molecule has 0 bridgehead atoms. The quantitative estimate of drug-likeness (QED) is 0.289. The Hall–Kier alpha value is -3.26. The molecule has 0 amide bonds. The minimum Gasteiger partial charge on any atom is -0.206 e. The van der Waals surface area contributed by atoms with Gasteiger partial charge in [-0.3, -0.25) is 0 Å². The van der Waals surface area contributed by atoms with Crippen molar-refractivity contribution in [2.45, 2.75) is 52.4 Å². The highest BCUT2D eigenvalue weighted by Crippen LogP contribution is 2.40. The molecular formula is C32H32F2. The standard InChI is InChI=1S/C32H32F2/c1-31(2,3)24-19-25(29(28(34)20-24)22-11-8-7-9-12-22)21-15-17-23(18-16-21)30-26(32(4,5)6)13-10-14-27(30)33/h7-20H,1-6H3. The minimum atomic E-state index is -0.234. The maximum atomic E-state index is 15.5. The van der Waals surface area contributed by atoms with E-state index in [0.29, 0.717) is 11.1 Å². The smallest absolute Gasteiger partial charge is 0.131 e. The van der Waals surface area contributed by atoms with Crippen LogP contribution in [0.2, 0.25) is 0 Å². The van der Waals surface area contributed by atoms with Gasteiger partial charge in [-0.25, -0.2) is 8.78 Å². The summed E-state index contributed by atoms with van der Waals surface area (Å²) in [7, 11) is 0. The molecule has 0 saturated heterocycles. The lowest BCUT2D eigenvalue weighted by Gasteiger charge is -2.24. The summed E-state index contributed by atoms with van der Waals surface area (Å²) in [5, 5.41) is 0. The highest BCUT2D eigenvalue weighted by molar-refractivity contribution is 5.85. The van der Waals surface area contributed by atoms with Crippen molar-refractivity contribution in [2.24, 2.45) is 0 Å². The molecule has 0 spiro atoms. The largest absolute Gasteiger partial charge is 0.206 e. The van der Waals surface area contributed by atoms with Gasteiger partial charge < -0.3 is 0 Å². The lowest BCUT2D eigenvalue weighted by Crippen LogP contribution is -2.13. The van der Waals surface area contributed by atoms with Crippen molar-refractivity contribution in [1.29, 1.82) is 0 Å². The molecule has 0 fully saturated rings. The molecule has 2 heteroatoms. The lowest BCUT2D eigenvalue weighted by molar-refractivity contribution is 0.574. The van der Waals surface area contributed by atoms with Crippen LogP contribution in [0.15, 0.2) is 84.9 Å². The summed E-state index contributed by atoms with van der Waals surface area (Å²) in [6, 6.07) is 26.5. The summed E-state index contributed by atoms with van der Waals surface area (Å²) in [5.41, 5.74) is 6.12. The SMILES string of the molecule is CC(C)(C)c1cc(F)c(-c2ccccc2)c(-c2ccc(-c3c(F)cccc3C(C)(C)C)cc2)c1. The molecule has 0 N–H and O–H groups in total. The third-order valence-corrected chi connectivity index (χ3v) is 6.32. The van der Waals surface area contributed by atoms with E-state index >= 15 is 4.39 Å². The fourth-order valence-corrected chi connectivity index (χ4v) is 4.42. The molecular weight excluding hydrogens is 422 g/mol. The van der Waals surface area contributed by atoms with Gasteiger partial charge in [-0.05, 0) is 62.4 Å². The van der Waals surface area contributed by atoms with Crippen LogP contribution in [0.3, 0.4) is 0 Å². The van der Waals surface area contributed by atoms with Crippen LogP contribution in [0.25, 0.3) is 33.4 Å². The minimum absolute atomic E-state index is 0.194. The van der Waals surface area contributed by atoms with E-state index in [4.69, 9.17) is 0 Å². The van der Waals surface area contributed by atoms with Gasteiger partial charge in [0.15, 0.2) is 0 Å². The average Bonchev–Trinajstić information content (AvgIpc) is 2.78. The Bertz CT molecular complexity index is 1300. The highest BCUT2D eigenvalue weighted by Gasteiger charge is 2.23. The summed E-state index contributed by atoms with van der Waals surface area (Å²) in [5.74, 6) is -0.465. The first-order chi connectivity index (χ1) is 16.0. The summed E-state index contributed by atoms with van der Waals surface area (Å²) in [6.07, 6.45) is 0. The normalized spacial score (nSPS) is 12.1. The fraction of sp³-hybridized carbons (Fsp3) is 0.250. The maximum absolute atomic E-state index is 15.5. The van der Waals surface area contributed by atoms with Crippen molar-refractivity contribution in [1.82, 2.24) is 0 Å². The molecule has 0 atom stereocenters. The van der Waals surface area contributed by atoms with Crippen LogP contribution < -0.4 is 0 Å². The zero-order chi connectivity index (χ0) is 24.7. The van der Waals surface area contributed by atoms with Crippen LogP contribution in [-0.2, 0) is 10.8 Å². The molecule has 0 nitrogen and oxygen atoms in total. The van der Waals surface area contributed by atoms with Gasteiger partial charge in [0, 0.05) is 11.1 Å². The summed E-state index contributed by atoms with van der Waals surface area (Å²) in [4.78, 5) is 0. The molecule has 4 aromatic rings. The predicted octanol–water partition coefficient (Wildman–Crippen LogP) is 9.56. The lowest BCUT2D eigenvalue weighted by atomic mass is 9.81. The molecule has 0 saturated carbocycles. The molecule has 0 unspecified atom stereocenters. The Morgan fingerprint density at radius 1 is 0.500 bits per heavy atom. The van der Waals surface area contributed by atoms with E-state index < -0.39 is 0 Å². The molecule has 0 radical (unpaired) electrons. The van der Waals surface area contributed by atoms with E-state index in [-0.39, 0.29) is 22.5 Å². The second-order valence-corrected chi connectivity index (χ2v) is 11.0. The molecule has 174 valence electrons. The van der Waals surface area contributed by atoms with Crippen LogP contribution in [0.1, 0.15) is 52.7 Å². The van der Waals surface area contributed by atoms with E-state index in [1.54, 1.807) is 12.1 Å². The second-order valence-electron chi connectivity index (χ2n) is 11.0. The zero-order valence-electron chi connectivity index (χ0n) is 20.8. The topological polar surface area (TPSA) is 0 Å². The molecule has 0 aliphatic heterocycles. The Kier molecular flexibility index (Phi) is 6.20. The Morgan fingerprint density at radius 2 is 1.09 bits per heavy atom. The summed E-state index contributed by atoms with van der Waals surface area (Å²) >= 11 is 0. The third kappa shape index (κ3) is 4.68. The summed E-state index contributed by atoms with van der Waals surface area (Å²) < 4.78 is 30.5. The Morgan fingerprint density at radius 3 is 1.68 bits per heavy atom. The number of rotatable bonds is 3. The first-order valence-corrected chi connectivity index (χ1v) is 11.8. The van der Waals surface area contributed by atoms with Crippen LogP contribution >= 0.6 is 0 Å².